The summed E-state index contributed by atoms with van der Waals surface area (Å²) in [4.78, 5) is 11.5. The molecule has 0 aliphatic heterocycles. The van der Waals surface area contributed by atoms with Crippen molar-refractivity contribution in [1.82, 2.24) is 0 Å². The molecule has 2 fully saturated rings. The second-order valence-corrected chi connectivity index (χ2v) is 9.09. The topological polar surface area (TPSA) is 37.3 Å². The number of aliphatic carboxylic acids is 1. The van der Waals surface area contributed by atoms with Gasteiger partial charge in [0.1, 0.15) is 0 Å². The smallest absolute Gasteiger partial charge is 0.303 e. The van der Waals surface area contributed by atoms with E-state index in [4.69, 9.17) is 0 Å². The molecule has 0 bridgehead atoms. The van der Waals surface area contributed by atoms with Crippen molar-refractivity contribution in [2.24, 2.45) is 28.1 Å². The van der Waals surface area contributed by atoms with Gasteiger partial charge in [0.05, 0.1) is 6.42 Å². The van der Waals surface area contributed by atoms with Gasteiger partial charge in [-0.2, -0.15) is 0 Å². The van der Waals surface area contributed by atoms with Gasteiger partial charge in [-0.15, -0.1) is 6.58 Å². The summed E-state index contributed by atoms with van der Waals surface area (Å²) in [6, 6.07) is 0. The lowest BCUT2D eigenvalue weighted by Gasteiger charge is -2.60. The molecule has 3 rings (SSSR count). The number of rotatable bonds is 3. The standard InChI is InChI=1S/C21H32O2/c1-5-19(2)11-6-8-16-15(19)9-10-17-20(3,14-18(22)23)12-7-13-21(16,17)4/h5,8,15,17H,1,6-7,9-14H2,2-4H3,(H,22,23)/t15?,17?,19-,20-,21-/m0/s1. The number of allylic oxidation sites excluding steroid dienone is 3. The lowest BCUT2D eigenvalue weighted by molar-refractivity contribution is -0.143. The molecule has 0 radical (unpaired) electrons. The van der Waals surface area contributed by atoms with Crippen LogP contribution in [0.4, 0.5) is 0 Å². The van der Waals surface area contributed by atoms with Crippen LogP contribution in [0.25, 0.3) is 0 Å². The third kappa shape index (κ3) is 2.49. The Kier molecular flexibility index (Phi) is 4.01. The zero-order chi connectivity index (χ0) is 16.9. The van der Waals surface area contributed by atoms with Crippen LogP contribution >= 0.6 is 0 Å². The Labute approximate surface area is 141 Å². The minimum absolute atomic E-state index is 0.0489. The van der Waals surface area contributed by atoms with Crippen molar-refractivity contribution in [3.63, 3.8) is 0 Å². The molecule has 2 saturated carbocycles. The zero-order valence-corrected chi connectivity index (χ0v) is 15.0. The molecule has 3 aliphatic carbocycles. The van der Waals surface area contributed by atoms with Gasteiger partial charge in [-0.3, -0.25) is 4.79 Å². The molecule has 0 heterocycles. The van der Waals surface area contributed by atoms with Crippen LogP contribution in [-0.2, 0) is 4.79 Å². The van der Waals surface area contributed by atoms with E-state index in [-0.39, 0.29) is 16.2 Å². The Bertz CT molecular complexity index is 548. The van der Waals surface area contributed by atoms with Gasteiger partial charge >= 0.3 is 5.97 Å². The fourth-order valence-electron chi connectivity index (χ4n) is 6.45. The van der Waals surface area contributed by atoms with Gasteiger partial charge in [0.2, 0.25) is 0 Å². The highest BCUT2D eigenvalue weighted by Crippen LogP contribution is 2.65. The Hall–Kier alpha value is -1.05. The predicted octanol–water partition coefficient (Wildman–Crippen LogP) is 5.60. The summed E-state index contributed by atoms with van der Waals surface area (Å²) in [5, 5.41) is 9.43. The second-order valence-electron chi connectivity index (χ2n) is 9.09. The van der Waals surface area contributed by atoms with Gasteiger partial charge in [0.25, 0.3) is 0 Å². The van der Waals surface area contributed by atoms with Crippen molar-refractivity contribution in [3.8, 4) is 0 Å². The van der Waals surface area contributed by atoms with E-state index >= 15 is 0 Å². The minimum atomic E-state index is -0.632. The number of fused-ring (bicyclic) bond motifs is 3. The molecule has 3 aliphatic rings. The quantitative estimate of drug-likeness (QED) is 0.688. The third-order valence-electron chi connectivity index (χ3n) is 7.70. The summed E-state index contributed by atoms with van der Waals surface area (Å²) in [6.07, 6.45) is 13.2. The van der Waals surface area contributed by atoms with Crippen LogP contribution in [0.1, 0.15) is 72.1 Å². The third-order valence-corrected chi connectivity index (χ3v) is 7.70. The molecular formula is C21H32O2. The number of hydrogen-bond donors (Lipinski definition) is 1. The van der Waals surface area contributed by atoms with Gasteiger partial charge < -0.3 is 5.11 Å². The Morgan fingerprint density at radius 3 is 2.70 bits per heavy atom. The second kappa shape index (κ2) is 5.50. The number of carboxylic acid groups (broad SMARTS) is 1. The average Bonchev–Trinajstić information content (AvgIpc) is 2.47. The van der Waals surface area contributed by atoms with Gasteiger partial charge in [0.15, 0.2) is 0 Å². The lowest BCUT2D eigenvalue weighted by atomic mass is 9.44. The normalized spacial score (nSPS) is 46.3. The molecule has 0 aromatic heterocycles. The summed E-state index contributed by atoms with van der Waals surface area (Å²) in [5.74, 6) is 0.490. The summed E-state index contributed by atoms with van der Waals surface area (Å²) in [6.45, 7) is 11.2. The summed E-state index contributed by atoms with van der Waals surface area (Å²) in [5.41, 5.74) is 2.00. The molecule has 0 saturated heterocycles. The van der Waals surface area contributed by atoms with Crippen LogP contribution in [0.3, 0.4) is 0 Å². The molecule has 0 aromatic rings. The maximum Gasteiger partial charge on any atom is 0.303 e. The van der Waals surface area contributed by atoms with Crippen LogP contribution in [-0.4, -0.2) is 11.1 Å². The van der Waals surface area contributed by atoms with Gasteiger partial charge in [-0.1, -0.05) is 44.9 Å². The monoisotopic (exact) mass is 316 g/mol. The largest absolute Gasteiger partial charge is 0.481 e. The van der Waals surface area contributed by atoms with E-state index < -0.39 is 5.97 Å². The highest BCUT2D eigenvalue weighted by atomic mass is 16.4. The fraction of sp³-hybridized carbons (Fsp3) is 0.762. The first-order valence-corrected chi connectivity index (χ1v) is 9.31. The Morgan fingerprint density at radius 2 is 2.04 bits per heavy atom. The highest BCUT2D eigenvalue weighted by Gasteiger charge is 2.56. The molecule has 0 spiro atoms. The van der Waals surface area contributed by atoms with Crippen molar-refractivity contribution in [2.45, 2.75) is 72.1 Å². The van der Waals surface area contributed by atoms with Crippen LogP contribution in [0.5, 0.6) is 0 Å². The van der Waals surface area contributed by atoms with Crippen LogP contribution in [0, 0.1) is 28.1 Å². The minimum Gasteiger partial charge on any atom is -0.481 e. The van der Waals surface area contributed by atoms with E-state index in [0.717, 1.165) is 19.3 Å². The van der Waals surface area contributed by atoms with Gasteiger partial charge in [-0.05, 0) is 66.6 Å². The first-order valence-electron chi connectivity index (χ1n) is 9.31. The molecule has 2 unspecified atom stereocenters. The zero-order valence-electron chi connectivity index (χ0n) is 15.0. The summed E-state index contributed by atoms with van der Waals surface area (Å²) >= 11 is 0. The van der Waals surface area contributed by atoms with E-state index in [1.54, 1.807) is 5.57 Å². The molecule has 0 aromatic carbocycles. The molecule has 1 N–H and O–H groups in total. The van der Waals surface area contributed by atoms with E-state index in [2.05, 4.69) is 39.5 Å². The maximum atomic E-state index is 11.5. The molecule has 2 heteroatoms. The molecule has 128 valence electrons. The lowest BCUT2D eigenvalue weighted by Crippen LogP contribution is -2.52. The molecule has 23 heavy (non-hydrogen) atoms. The molecule has 0 amide bonds. The number of hydrogen-bond acceptors (Lipinski definition) is 1. The number of carboxylic acids is 1. The van der Waals surface area contributed by atoms with Crippen molar-refractivity contribution >= 4 is 5.97 Å². The number of carbonyl (C=O) groups is 1. The van der Waals surface area contributed by atoms with Crippen molar-refractivity contribution in [2.75, 3.05) is 0 Å². The van der Waals surface area contributed by atoms with E-state index in [1.807, 2.05) is 0 Å². The van der Waals surface area contributed by atoms with Gasteiger partial charge in [0, 0.05) is 0 Å². The molecular weight excluding hydrogens is 284 g/mol. The SMILES string of the molecule is C=C[C@@]1(C)CCC=C2C1CCC1[C@](C)(CC(=O)O)CCC[C@@]21C. The van der Waals surface area contributed by atoms with Gasteiger partial charge in [-0.25, -0.2) is 0 Å². The summed E-state index contributed by atoms with van der Waals surface area (Å²) in [7, 11) is 0. The van der Waals surface area contributed by atoms with E-state index in [0.29, 0.717) is 18.3 Å². The first-order chi connectivity index (χ1) is 10.8. The van der Waals surface area contributed by atoms with E-state index in [9.17, 15) is 9.90 Å². The highest BCUT2D eigenvalue weighted by molar-refractivity contribution is 5.67. The Morgan fingerprint density at radius 1 is 1.30 bits per heavy atom. The maximum absolute atomic E-state index is 11.5. The summed E-state index contributed by atoms with van der Waals surface area (Å²) < 4.78 is 0. The molecule has 5 atom stereocenters. The van der Waals surface area contributed by atoms with E-state index in [1.165, 1.54) is 25.7 Å². The fourth-order valence-corrected chi connectivity index (χ4v) is 6.45. The average molecular weight is 316 g/mol. The van der Waals surface area contributed by atoms with Crippen LogP contribution in [0.15, 0.2) is 24.3 Å². The van der Waals surface area contributed by atoms with Crippen LogP contribution < -0.4 is 0 Å². The first kappa shape index (κ1) is 16.8. The predicted molar refractivity (Wildman–Crippen MR) is 94.2 cm³/mol. The molecule has 2 nitrogen and oxygen atoms in total. The van der Waals surface area contributed by atoms with Crippen molar-refractivity contribution < 1.29 is 9.90 Å². The Balaban J connectivity index is 1.99. The van der Waals surface area contributed by atoms with Crippen molar-refractivity contribution in [3.05, 3.63) is 24.3 Å². The van der Waals surface area contributed by atoms with Crippen molar-refractivity contribution in [1.29, 1.82) is 0 Å². The van der Waals surface area contributed by atoms with Crippen LogP contribution in [0.2, 0.25) is 0 Å².